The zero-order chi connectivity index (χ0) is 13.4. The number of rotatable bonds is 1. The van der Waals surface area contributed by atoms with Crippen molar-refractivity contribution in [3.8, 4) is 0 Å². The normalized spacial score (nSPS) is 13.9. The van der Waals surface area contributed by atoms with Crippen molar-refractivity contribution in [1.82, 2.24) is 0 Å². The van der Waals surface area contributed by atoms with E-state index in [-0.39, 0.29) is 18.4 Å². The summed E-state index contributed by atoms with van der Waals surface area (Å²) in [7, 11) is 0. The van der Waals surface area contributed by atoms with E-state index in [4.69, 9.17) is 0 Å². The van der Waals surface area contributed by atoms with Gasteiger partial charge in [0.15, 0.2) is 0 Å². The standard InChI is InChI=1S/C13H9IN2O2S/c14-11-5-8(7-19-11)13(18)16-6-12(17)15-9-3-1-2-4-10(9)16/h1-5,7H,6H2,(H,15,17). The number of carbonyl (C=O) groups excluding carboxylic acids is 2. The van der Waals surface area contributed by atoms with Gasteiger partial charge in [-0.25, -0.2) is 0 Å². The van der Waals surface area contributed by atoms with E-state index in [1.54, 1.807) is 6.07 Å². The van der Waals surface area contributed by atoms with Crippen LogP contribution in [0.2, 0.25) is 0 Å². The Hall–Kier alpha value is -1.41. The average molecular weight is 384 g/mol. The third-order valence-corrected chi connectivity index (χ3v) is 4.62. The van der Waals surface area contributed by atoms with Gasteiger partial charge in [0.25, 0.3) is 5.91 Å². The van der Waals surface area contributed by atoms with Gasteiger partial charge in [0.1, 0.15) is 6.54 Å². The number of hydrogen-bond donors (Lipinski definition) is 1. The van der Waals surface area contributed by atoms with E-state index in [1.165, 1.54) is 16.2 Å². The van der Waals surface area contributed by atoms with Crippen molar-refractivity contribution in [2.45, 2.75) is 0 Å². The molecule has 0 bridgehead atoms. The minimum absolute atomic E-state index is 0.0578. The van der Waals surface area contributed by atoms with Crippen molar-refractivity contribution in [2.75, 3.05) is 16.8 Å². The van der Waals surface area contributed by atoms with E-state index in [9.17, 15) is 9.59 Å². The summed E-state index contributed by atoms with van der Waals surface area (Å²) in [6, 6.07) is 9.16. The Labute approximate surface area is 127 Å². The molecule has 0 radical (unpaired) electrons. The molecule has 0 saturated heterocycles. The topological polar surface area (TPSA) is 49.4 Å². The first-order chi connectivity index (χ1) is 9.15. The Bertz CT molecular complexity index is 668. The van der Waals surface area contributed by atoms with Gasteiger partial charge in [-0.15, -0.1) is 11.3 Å². The smallest absolute Gasteiger partial charge is 0.259 e. The Kier molecular flexibility index (Phi) is 3.28. The molecule has 2 aromatic rings. The summed E-state index contributed by atoms with van der Waals surface area (Å²) in [5.41, 5.74) is 2.05. The monoisotopic (exact) mass is 384 g/mol. The maximum atomic E-state index is 12.5. The highest BCUT2D eigenvalue weighted by molar-refractivity contribution is 14.1. The summed E-state index contributed by atoms with van der Waals surface area (Å²) in [5, 5.41) is 4.59. The molecule has 1 aliphatic rings. The lowest BCUT2D eigenvalue weighted by molar-refractivity contribution is -0.115. The molecule has 6 heteroatoms. The number of carbonyl (C=O) groups is 2. The lowest BCUT2D eigenvalue weighted by Crippen LogP contribution is -2.42. The molecule has 4 nitrogen and oxygen atoms in total. The maximum absolute atomic E-state index is 12.5. The van der Waals surface area contributed by atoms with Crippen LogP contribution >= 0.6 is 33.9 Å². The number of nitrogens with one attached hydrogen (secondary N) is 1. The molecule has 0 saturated carbocycles. The van der Waals surface area contributed by atoms with Crippen molar-refractivity contribution in [3.05, 3.63) is 44.2 Å². The number of thiophene rings is 1. The highest BCUT2D eigenvalue weighted by Gasteiger charge is 2.27. The van der Waals surface area contributed by atoms with Gasteiger partial charge in [-0.05, 0) is 40.8 Å². The fourth-order valence-corrected chi connectivity index (χ4v) is 3.31. The predicted molar refractivity (Wildman–Crippen MR) is 83.8 cm³/mol. The second-order valence-electron chi connectivity index (χ2n) is 4.10. The largest absolute Gasteiger partial charge is 0.323 e. The molecular weight excluding hydrogens is 375 g/mol. The first-order valence-corrected chi connectivity index (χ1v) is 7.56. The van der Waals surface area contributed by atoms with Crippen molar-refractivity contribution in [1.29, 1.82) is 0 Å². The van der Waals surface area contributed by atoms with Crippen LogP contribution in [0.5, 0.6) is 0 Å². The molecule has 1 aromatic carbocycles. The van der Waals surface area contributed by atoms with E-state index in [0.717, 1.165) is 8.57 Å². The highest BCUT2D eigenvalue weighted by atomic mass is 127. The van der Waals surface area contributed by atoms with Crippen molar-refractivity contribution in [2.24, 2.45) is 0 Å². The predicted octanol–water partition coefficient (Wildman–Crippen LogP) is 2.95. The van der Waals surface area contributed by atoms with Gasteiger partial charge < -0.3 is 5.32 Å². The van der Waals surface area contributed by atoms with Gasteiger partial charge in [0.2, 0.25) is 5.91 Å². The van der Waals surface area contributed by atoms with Crippen LogP contribution < -0.4 is 10.2 Å². The molecule has 0 unspecified atom stereocenters. The third kappa shape index (κ3) is 2.37. The van der Waals surface area contributed by atoms with Crippen LogP contribution in [0.3, 0.4) is 0 Å². The summed E-state index contributed by atoms with van der Waals surface area (Å²) in [4.78, 5) is 25.7. The molecule has 0 atom stereocenters. The van der Waals surface area contributed by atoms with Crippen molar-refractivity contribution < 1.29 is 9.59 Å². The zero-order valence-electron chi connectivity index (χ0n) is 9.72. The van der Waals surface area contributed by atoms with Gasteiger partial charge in [-0.3, -0.25) is 14.5 Å². The first kappa shape index (κ1) is 12.6. The number of anilines is 2. The van der Waals surface area contributed by atoms with Crippen LogP contribution in [-0.2, 0) is 4.79 Å². The van der Waals surface area contributed by atoms with Gasteiger partial charge >= 0.3 is 0 Å². The molecule has 1 N–H and O–H groups in total. The number of fused-ring (bicyclic) bond motifs is 1. The van der Waals surface area contributed by atoms with Crippen LogP contribution in [0.4, 0.5) is 11.4 Å². The quantitative estimate of drug-likeness (QED) is 0.769. The lowest BCUT2D eigenvalue weighted by Gasteiger charge is -2.28. The molecule has 96 valence electrons. The van der Waals surface area contributed by atoms with E-state index >= 15 is 0 Å². The Morgan fingerprint density at radius 1 is 1.37 bits per heavy atom. The number of hydrogen-bond acceptors (Lipinski definition) is 3. The Balaban J connectivity index is 2.01. The zero-order valence-corrected chi connectivity index (χ0v) is 12.7. The maximum Gasteiger partial charge on any atom is 0.259 e. The van der Waals surface area contributed by atoms with Gasteiger partial charge in [0, 0.05) is 5.38 Å². The number of nitrogens with zero attached hydrogens (tertiary/aromatic N) is 1. The molecule has 1 aliphatic heterocycles. The van der Waals surface area contributed by atoms with Crippen LogP contribution in [0.1, 0.15) is 10.4 Å². The summed E-state index contributed by atoms with van der Waals surface area (Å²) >= 11 is 3.69. The van der Waals surface area contributed by atoms with Gasteiger partial charge in [-0.1, -0.05) is 12.1 Å². The SMILES string of the molecule is O=C1CN(C(=O)c2csc(I)c2)c2ccccc2N1. The van der Waals surface area contributed by atoms with E-state index in [1.807, 2.05) is 29.6 Å². The highest BCUT2D eigenvalue weighted by Crippen LogP contribution is 2.30. The van der Waals surface area contributed by atoms with Crippen LogP contribution in [-0.4, -0.2) is 18.4 Å². The van der Waals surface area contributed by atoms with Crippen LogP contribution in [0.15, 0.2) is 35.7 Å². The molecule has 2 amide bonds. The van der Waals surface area contributed by atoms with E-state index in [2.05, 4.69) is 27.9 Å². The summed E-state index contributed by atoms with van der Waals surface area (Å²) < 4.78 is 1.05. The van der Waals surface area contributed by atoms with Crippen LogP contribution in [0.25, 0.3) is 0 Å². The van der Waals surface area contributed by atoms with Crippen LogP contribution in [0, 0.1) is 2.88 Å². The molecule has 0 aliphatic carbocycles. The molecule has 3 rings (SSSR count). The molecule has 0 fully saturated rings. The molecule has 19 heavy (non-hydrogen) atoms. The molecule has 1 aromatic heterocycles. The Morgan fingerprint density at radius 2 is 2.16 bits per heavy atom. The number of para-hydroxylation sites is 2. The summed E-state index contributed by atoms with van der Waals surface area (Å²) in [6.45, 7) is 0.0578. The fraction of sp³-hybridized carbons (Fsp3) is 0.0769. The third-order valence-electron chi connectivity index (χ3n) is 2.83. The number of amides is 2. The number of halogens is 1. The van der Waals surface area contributed by atoms with Crippen molar-refractivity contribution in [3.63, 3.8) is 0 Å². The van der Waals surface area contributed by atoms with Gasteiger partial charge in [-0.2, -0.15) is 0 Å². The second-order valence-corrected chi connectivity index (χ2v) is 6.90. The molecule has 2 heterocycles. The lowest BCUT2D eigenvalue weighted by atomic mass is 10.1. The second kappa shape index (κ2) is 4.93. The fourth-order valence-electron chi connectivity index (χ4n) is 1.99. The van der Waals surface area contributed by atoms with E-state index < -0.39 is 0 Å². The molecular formula is C13H9IN2O2S. The summed E-state index contributed by atoms with van der Waals surface area (Å²) in [5.74, 6) is -0.307. The van der Waals surface area contributed by atoms with E-state index in [0.29, 0.717) is 11.3 Å². The van der Waals surface area contributed by atoms with Gasteiger partial charge in [0.05, 0.1) is 19.8 Å². The Morgan fingerprint density at radius 3 is 2.89 bits per heavy atom. The molecule has 0 spiro atoms. The van der Waals surface area contributed by atoms with Crippen molar-refractivity contribution >= 4 is 57.1 Å². The first-order valence-electron chi connectivity index (χ1n) is 5.60. The minimum Gasteiger partial charge on any atom is -0.323 e. The average Bonchev–Trinajstić information content (AvgIpc) is 2.83. The summed E-state index contributed by atoms with van der Waals surface area (Å²) in [6.07, 6.45) is 0. The number of benzene rings is 1. The minimum atomic E-state index is -0.169.